The van der Waals surface area contributed by atoms with Gasteiger partial charge >= 0.3 is 6.09 Å². The predicted octanol–water partition coefficient (Wildman–Crippen LogP) is 5.92. The molecule has 1 aliphatic heterocycles. The number of amides is 3. The largest absolute Gasteiger partial charge is 0.438 e. The van der Waals surface area contributed by atoms with E-state index < -0.39 is 41.7 Å². The topological polar surface area (TPSA) is 87.7 Å². The molecule has 0 saturated carbocycles. The number of ether oxygens (including phenoxy) is 1. The van der Waals surface area contributed by atoms with E-state index in [0.29, 0.717) is 16.9 Å². The summed E-state index contributed by atoms with van der Waals surface area (Å²) < 4.78 is 33.0. The molecule has 4 aromatic carbocycles. The van der Waals surface area contributed by atoms with Crippen LogP contribution in [-0.2, 0) is 16.1 Å². The van der Waals surface area contributed by atoms with Crippen molar-refractivity contribution in [2.75, 3.05) is 10.6 Å². The van der Waals surface area contributed by atoms with Crippen LogP contribution in [-0.4, -0.2) is 28.8 Å². The molecule has 39 heavy (non-hydrogen) atoms. The third kappa shape index (κ3) is 5.77. The van der Waals surface area contributed by atoms with Crippen LogP contribution < -0.4 is 10.6 Å². The summed E-state index contributed by atoms with van der Waals surface area (Å²) in [6.45, 7) is 0.133. The zero-order valence-corrected chi connectivity index (χ0v) is 20.5. The summed E-state index contributed by atoms with van der Waals surface area (Å²) in [6, 6.07) is 25.5. The van der Waals surface area contributed by atoms with E-state index in [4.69, 9.17) is 4.74 Å². The number of nitrogens with zero attached hydrogens (tertiary/aromatic N) is 1. The molecule has 2 atom stereocenters. The highest BCUT2D eigenvalue weighted by Crippen LogP contribution is 2.35. The van der Waals surface area contributed by atoms with Crippen molar-refractivity contribution in [1.29, 1.82) is 0 Å². The van der Waals surface area contributed by atoms with E-state index in [0.717, 1.165) is 5.56 Å². The van der Waals surface area contributed by atoms with Gasteiger partial charge in [-0.3, -0.25) is 14.5 Å². The summed E-state index contributed by atoms with van der Waals surface area (Å²) >= 11 is 0. The first-order valence-electron chi connectivity index (χ1n) is 12.1. The minimum atomic E-state index is -1.04. The highest BCUT2D eigenvalue weighted by molar-refractivity contribution is 6.04. The van der Waals surface area contributed by atoms with E-state index in [9.17, 15) is 23.2 Å². The van der Waals surface area contributed by atoms with Crippen molar-refractivity contribution >= 4 is 29.3 Å². The van der Waals surface area contributed by atoms with Crippen molar-refractivity contribution in [2.45, 2.75) is 18.7 Å². The summed E-state index contributed by atoms with van der Waals surface area (Å²) in [5.74, 6) is -2.21. The fourth-order valence-electron chi connectivity index (χ4n) is 4.34. The van der Waals surface area contributed by atoms with Gasteiger partial charge in [0.15, 0.2) is 12.1 Å². The number of rotatable bonds is 7. The Morgan fingerprint density at radius 1 is 0.769 bits per heavy atom. The van der Waals surface area contributed by atoms with Gasteiger partial charge in [0.05, 0.1) is 12.1 Å². The Morgan fingerprint density at radius 3 is 2.08 bits per heavy atom. The van der Waals surface area contributed by atoms with Gasteiger partial charge in [0.1, 0.15) is 11.6 Å². The number of nitrogens with one attached hydrogen (secondary N) is 2. The van der Waals surface area contributed by atoms with Crippen molar-refractivity contribution in [1.82, 2.24) is 4.90 Å². The van der Waals surface area contributed by atoms with Crippen LogP contribution >= 0.6 is 0 Å². The molecule has 1 aliphatic rings. The molecule has 4 aromatic rings. The monoisotopic (exact) mass is 527 g/mol. The zero-order valence-electron chi connectivity index (χ0n) is 20.5. The number of carbonyl (C=O) groups is 3. The molecule has 1 heterocycles. The van der Waals surface area contributed by atoms with Gasteiger partial charge < -0.3 is 15.4 Å². The van der Waals surface area contributed by atoms with Gasteiger partial charge in [-0.05, 0) is 59.7 Å². The molecule has 0 aromatic heterocycles. The Hall–Kier alpha value is -5.05. The van der Waals surface area contributed by atoms with E-state index in [1.54, 1.807) is 30.3 Å². The molecule has 1 saturated heterocycles. The van der Waals surface area contributed by atoms with Crippen LogP contribution in [0.1, 0.15) is 27.6 Å². The van der Waals surface area contributed by atoms with Crippen LogP contribution in [0.4, 0.5) is 25.0 Å². The maximum absolute atomic E-state index is 14.0. The Bertz CT molecular complexity index is 1500. The molecule has 0 bridgehead atoms. The van der Waals surface area contributed by atoms with E-state index in [1.165, 1.54) is 47.4 Å². The Kier molecular flexibility index (Phi) is 7.31. The second kappa shape index (κ2) is 11.1. The van der Waals surface area contributed by atoms with Gasteiger partial charge in [0.2, 0.25) is 0 Å². The summed E-state index contributed by atoms with van der Waals surface area (Å²) in [6.07, 6.45) is -1.63. The average molecular weight is 528 g/mol. The molecular formula is C30H23F2N3O4. The van der Waals surface area contributed by atoms with E-state index in [1.807, 2.05) is 30.3 Å². The normalized spacial score (nSPS) is 16.5. The summed E-state index contributed by atoms with van der Waals surface area (Å²) in [5, 5.41) is 5.37. The zero-order chi connectivity index (χ0) is 27.4. The smallest absolute Gasteiger partial charge is 0.411 e. The molecule has 2 N–H and O–H groups in total. The van der Waals surface area contributed by atoms with Crippen LogP contribution in [0.15, 0.2) is 103 Å². The van der Waals surface area contributed by atoms with E-state index >= 15 is 0 Å². The van der Waals surface area contributed by atoms with Crippen LogP contribution in [0.25, 0.3) is 0 Å². The third-order valence-corrected chi connectivity index (χ3v) is 6.28. The predicted molar refractivity (Wildman–Crippen MR) is 141 cm³/mol. The van der Waals surface area contributed by atoms with Gasteiger partial charge in [0, 0.05) is 11.4 Å². The highest BCUT2D eigenvalue weighted by Gasteiger charge is 2.47. The van der Waals surface area contributed by atoms with Crippen molar-refractivity contribution in [3.8, 4) is 0 Å². The van der Waals surface area contributed by atoms with Gasteiger partial charge in [-0.2, -0.15) is 0 Å². The van der Waals surface area contributed by atoms with E-state index in [-0.39, 0.29) is 12.1 Å². The Labute approximate surface area is 223 Å². The number of hydrogen-bond donors (Lipinski definition) is 2. The quantitative estimate of drug-likeness (QED) is 0.313. The third-order valence-electron chi connectivity index (χ3n) is 6.28. The van der Waals surface area contributed by atoms with E-state index in [2.05, 4.69) is 10.6 Å². The number of hydrogen-bond acceptors (Lipinski definition) is 4. The van der Waals surface area contributed by atoms with Crippen molar-refractivity contribution in [2.24, 2.45) is 0 Å². The molecule has 0 unspecified atom stereocenters. The molecule has 0 aliphatic carbocycles. The molecule has 3 amide bonds. The SMILES string of the molecule is O=C(Nc1ccc([C@@H]2OC(=O)N(Cc3ccccc3)[C@H]2C(=O)Nc2ccc(F)cc2)cc1)c1ccccc1F. The lowest BCUT2D eigenvalue weighted by atomic mass is 10.00. The molecule has 9 heteroatoms. The van der Waals surface area contributed by atoms with Crippen molar-refractivity contribution in [3.05, 3.63) is 131 Å². The Morgan fingerprint density at radius 2 is 1.38 bits per heavy atom. The maximum atomic E-state index is 14.0. The van der Waals surface area contributed by atoms with Crippen LogP contribution in [0.5, 0.6) is 0 Å². The molecule has 0 radical (unpaired) electrons. The van der Waals surface area contributed by atoms with Gasteiger partial charge in [0.25, 0.3) is 11.8 Å². The molecule has 196 valence electrons. The minimum Gasteiger partial charge on any atom is -0.438 e. The summed E-state index contributed by atoms with van der Waals surface area (Å²) in [5.41, 5.74) is 1.98. The first kappa shape index (κ1) is 25.6. The number of carbonyl (C=O) groups excluding carboxylic acids is 3. The van der Waals surface area contributed by atoms with Crippen molar-refractivity contribution < 1.29 is 27.9 Å². The maximum Gasteiger partial charge on any atom is 0.411 e. The van der Waals surface area contributed by atoms with Crippen LogP contribution in [0, 0.1) is 11.6 Å². The molecular weight excluding hydrogens is 504 g/mol. The lowest BCUT2D eigenvalue weighted by molar-refractivity contribution is -0.121. The number of cyclic esters (lactones) is 1. The number of benzene rings is 4. The number of halogens is 2. The van der Waals surface area contributed by atoms with Crippen LogP contribution in [0.3, 0.4) is 0 Å². The Balaban J connectivity index is 1.39. The second-order valence-electron chi connectivity index (χ2n) is 8.91. The first-order valence-corrected chi connectivity index (χ1v) is 12.1. The van der Waals surface area contributed by atoms with Gasteiger partial charge in [-0.15, -0.1) is 0 Å². The fourth-order valence-corrected chi connectivity index (χ4v) is 4.34. The van der Waals surface area contributed by atoms with Crippen molar-refractivity contribution in [3.63, 3.8) is 0 Å². The standard InChI is InChI=1S/C30H23F2N3O4/c31-21-12-16-23(17-13-21)34-29(37)26-27(39-30(38)35(26)18-19-6-2-1-3-7-19)20-10-14-22(15-11-20)33-28(36)24-8-4-5-9-25(24)32/h1-17,26-27H,18H2,(H,33,36)(H,34,37)/t26-,27+/m1/s1. The lowest BCUT2D eigenvalue weighted by Gasteiger charge is -2.24. The molecule has 1 fully saturated rings. The fraction of sp³-hybridized carbons (Fsp3) is 0.100. The van der Waals surface area contributed by atoms with Gasteiger partial charge in [-0.25, -0.2) is 13.6 Å². The average Bonchev–Trinajstić information content (AvgIpc) is 3.26. The summed E-state index contributed by atoms with van der Waals surface area (Å²) in [7, 11) is 0. The minimum absolute atomic E-state index is 0.0969. The van der Waals surface area contributed by atoms with Crippen LogP contribution in [0.2, 0.25) is 0 Å². The highest BCUT2D eigenvalue weighted by atomic mass is 19.1. The molecule has 5 rings (SSSR count). The molecule has 7 nitrogen and oxygen atoms in total. The lowest BCUT2D eigenvalue weighted by Crippen LogP contribution is -2.43. The number of anilines is 2. The second-order valence-corrected chi connectivity index (χ2v) is 8.91. The van der Waals surface area contributed by atoms with Gasteiger partial charge in [-0.1, -0.05) is 54.6 Å². The molecule has 0 spiro atoms. The summed E-state index contributed by atoms with van der Waals surface area (Å²) in [4.78, 5) is 40.2. The first-order chi connectivity index (χ1) is 18.9.